The Morgan fingerprint density at radius 3 is 2.70 bits per heavy atom. The van der Waals surface area contributed by atoms with Crippen LogP contribution in [0.3, 0.4) is 0 Å². The van der Waals surface area contributed by atoms with Gasteiger partial charge in [-0.15, -0.1) is 0 Å². The Morgan fingerprint density at radius 1 is 1.40 bits per heavy atom. The van der Waals surface area contributed by atoms with Gasteiger partial charge in [-0.2, -0.15) is 0 Å². The SMILES string of the molecule is COc1ccc(C(CN)N(C)Cc2nccn2C)cn1. The molecule has 1 atom stereocenters. The summed E-state index contributed by atoms with van der Waals surface area (Å²) in [4.78, 5) is 10.7. The predicted octanol–water partition coefficient (Wildman–Crippen LogP) is 0.955. The van der Waals surface area contributed by atoms with E-state index in [1.54, 1.807) is 13.3 Å². The molecule has 0 saturated carbocycles. The van der Waals surface area contributed by atoms with Gasteiger partial charge < -0.3 is 15.0 Å². The van der Waals surface area contributed by atoms with E-state index in [9.17, 15) is 0 Å². The lowest BCUT2D eigenvalue weighted by atomic mass is 10.1. The minimum Gasteiger partial charge on any atom is -0.481 e. The summed E-state index contributed by atoms with van der Waals surface area (Å²) >= 11 is 0. The Balaban J connectivity index is 2.12. The summed E-state index contributed by atoms with van der Waals surface area (Å²) in [5, 5.41) is 0. The quantitative estimate of drug-likeness (QED) is 0.850. The van der Waals surface area contributed by atoms with Gasteiger partial charge in [0.25, 0.3) is 0 Å². The summed E-state index contributed by atoms with van der Waals surface area (Å²) in [5.41, 5.74) is 6.99. The zero-order valence-corrected chi connectivity index (χ0v) is 12.2. The second-order valence-corrected chi connectivity index (χ2v) is 4.75. The highest BCUT2D eigenvalue weighted by Gasteiger charge is 2.17. The lowest BCUT2D eigenvalue weighted by Crippen LogP contribution is -2.31. The van der Waals surface area contributed by atoms with Crippen molar-refractivity contribution >= 4 is 0 Å². The molecule has 2 aromatic rings. The Bertz CT molecular complexity index is 537. The van der Waals surface area contributed by atoms with Gasteiger partial charge in [0.05, 0.1) is 13.7 Å². The standard InChI is InChI=1S/C14H21N5O/c1-18-7-6-16-13(18)10-19(2)12(8-15)11-4-5-14(20-3)17-9-11/h4-7,9,12H,8,10,15H2,1-3H3. The Hall–Kier alpha value is -1.92. The molecule has 1 unspecified atom stereocenters. The minimum absolute atomic E-state index is 0.102. The summed E-state index contributed by atoms with van der Waals surface area (Å²) in [5.74, 6) is 1.61. The number of likely N-dealkylation sites (N-methyl/N-ethyl adjacent to an activating group) is 1. The number of rotatable bonds is 6. The van der Waals surface area contributed by atoms with E-state index >= 15 is 0 Å². The molecular formula is C14H21N5O. The van der Waals surface area contributed by atoms with E-state index in [0.717, 1.165) is 17.9 Å². The fourth-order valence-electron chi connectivity index (χ4n) is 2.16. The molecule has 0 aliphatic heterocycles. The van der Waals surface area contributed by atoms with Crippen LogP contribution in [0.5, 0.6) is 5.88 Å². The van der Waals surface area contributed by atoms with Crippen LogP contribution in [-0.4, -0.2) is 40.1 Å². The lowest BCUT2D eigenvalue weighted by Gasteiger charge is -2.26. The monoisotopic (exact) mass is 275 g/mol. The first kappa shape index (κ1) is 14.5. The van der Waals surface area contributed by atoms with E-state index in [1.807, 2.05) is 43.2 Å². The fourth-order valence-corrected chi connectivity index (χ4v) is 2.16. The number of nitrogens with two attached hydrogens (primary N) is 1. The Kier molecular flexibility index (Phi) is 4.70. The third-order valence-corrected chi connectivity index (χ3v) is 3.42. The van der Waals surface area contributed by atoms with Crippen molar-refractivity contribution in [2.45, 2.75) is 12.6 Å². The number of ether oxygens (including phenoxy) is 1. The van der Waals surface area contributed by atoms with Gasteiger partial charge in [-0.3, -0.25) is 4.90 Å². The van der Waals surface area contributed by atoms with E-state index in [-0.39, 0.29) is 6.04 Å². The second-order valence-electron chi connectivity index (χ2n) is 4.75. The van der Waals surface area contributed by atoms with Gasteiger partial charge in [-0.1, -0.05) is 6.07 Å². The number of nitrogens with zero attached hydrogens (tertiary/aromatic N) is 4. The third-order valence-electron chi connectivity index (χ3n) is 3.42. The second kappa shape index (κ2) is 6.49. The molecular weight excluding hydrogens is 254 g/mol. The largest absolute Gasteiger partial charge is 0.481 e. The summed E-state index contributed by atoms with van der Waals surface area (Å²) in [6, 6.07) is 3.95. The molecule has 0 aromatic carbocycles. The van der Waals surface area contributed by atoms with Crippen molar-refractivity contribution in [1.82, 2.24) is 19.4 Å². The minimum atomic E-state index is 0.102. The normalized spacial score (nSPS) is 12.7. The zero-order chi connectivity index (χ0) is 14.5. The first-order valence-electron chi connectivity index (χ1n) is 6.52. The molecule has 0 aliphatic carbocycles. The highest BCUT2D eigenvalue weighted by atomic mass is 16.5. The molecule has 108 valence electrons. The Morgan fingerprint density at radius 2 is 2.20 bits per heavy atom. The molecule has 0 amide bonds. The van der Waals surface area contributed by atoms with E-state index < -0.39 is 0 Å². The van der Waals surface area contributed by atoms with Crippen LogP contribution in [-0.2, 0) is 13.6 Å². The molecule has 0 saturated heterocycles. The van der Waals surface area contributed by atoms with Crippen LogP contribution in [0.4, 0.5) is 0 Å². The highest BCUT2D eigenvalue weighted by Crippen LogP contribution is 2.20. The van der Waals surface area contributed by atoms with Crippen molar-refractivity contribution in [3.8, 4) is 5.88 Å². The maximum atomic E-state index is 5.92. The van der Waals surface area contributed by atoms with Gasteiger partial charge >= 0.3 is 0 Å². The molecule has 0 aliphatic rings. The van der Waals surface area contributed by atoms with Crippen LogP contribution >= 0.6 is 0 Å². The molecule has 0 fully saturated rings. The molecule has 6 nitrogen and oxygen atoms in total. The smallest absolute Gasteiger partial charge is 0.212 e. The average molecular weight is 275 g/mol. The molecule has 0 radical (unpaired) electrons. The number of imidazole rings is 1. The molecule has 0 spiro atoms. The van der Waals surface area contributed by atoms with E-state index in [0.29, 0.717) is 12.4 Å². The number of aryl methyl sites for hydroxylation is 1. The van der Waals surface area contributed by atoms with Crippen LogP contribution in [0.15, 0.2) is 30.7 Å². The molecule has 2 rings (SSSR count). The van der Waals surface area contributed by atoms with Crippen LogP contribution in [0, 0.1) is 0 Å². The van der Waals surface area contributed by atoms with Gasteiger partial charge in [0.1, 0.15) is 5.82 Å². The number of pyridine rings is 1. The maximum Gasteiger partial charge on any atom is 0.212 e. The first-order chi connectivity index (χ1) is 9.65. The number of hydrogen-bond donors (Lipinski definition) is 1. The van der Waals surface area contributed by atoms with Crippen LogP contribution < -0.4 is 10.5 Å². The first-order valence-corrected chi connectivity index (χ1v) is 6.52. The topological polar surface area (TPSA) is 69.2 Å². The molecule has 0 bridgehead atoms. The summed E-state index contributed by atoms with van der Waals surface area (Å²) in [6.07, 6.45) is 5.55. The molecule has 2 aromatic heterocycles. The van der Waals surface area contributed by atoms with Gasteiger partial charge in [-0.05, 0) is 12.6 Å². The van der Waals surface area contributed by atoms with Crippen LogP contribution in [0.1, 0.15) is 17.4 Å². The highest BCUT2D eigenvalue weighted by molar-refractivity contribution is 5.21. The number of hydrogen-bond acceptors (Lipinski definition) is 5. The van der Waals surface area contributed by atoms with Gasteiger partial charge in [-0.25, -0.2) is 9.97 Å². The van der Waals surface area contributed by atoms with Crippen LogP contribution in [0.2, 0.25) is 0 Å². The molecule has 20 heavy (non-hydrogen) atoms. The van der Waals surface area contributed by atoms with Crippen molar-refractivity contribution in [2.24, 2.45) is 12.8 Å². The van der Waals surface area contributed by atoms with Gasteiger partial charge in [0.15, 0.2) is 0 Å². The van der Waals surface area contributed by atoms with E-state index in [1.165, 1.54) is 0 Å². The Labute approximate surface area is 119 Å². The van der Waals surface area contributed by atoms with E-state index in [2.05, 4.69) is 14.9 Å². The van der Waals surface area contributed by atoms with Gasteiger partial charge in [0, 0.05) is 44.3 Å². The van der Waals surface area contributed by atoms with Crippen molar-refractivity contribution in [3.63, 3.8) is 0 Å². The van der Waals surface area contributed by atoms with Gasteiger partial charge in [0.2, 0.25) is 5.88 Å². The van der Waals surface area contributed by atoms with Crippen molar-refractivity contribution in [3.05, 3.63) is 42.1 Å². The van der Waals surface area contributed by atoms with Crippen molar-refractivity contribution in [2.75, 3.05) is 20.7 Å². The molecule has 2 heterocycles. The number of methoxy groups -OCH3 is 1. The zero-order valence-electron chi connectivity index (χ0n) is 12.2. The maximum absolute atomic E-state index is 5.92. The van der Waals surface area contributed by atoms with E-state index in [4.69, 9.17) is 10.5 Å². The van der Waals surface area contributed by atoms with Crippen LogP contribution in [0.25, 0.3) is 0 Å². The number of aromatic nitrogens is 3. The lowest BCUT2D eigenvalue weighted by molar-refractivity contribution is 0.233. The summed E-state index contributed by atoms with van der Waals surface area (Å²) < 4.78 is 7.08. The fraction of sp³-hybridized carbons (Fsp3) is 0.429. The average Bonchev–Trinajstić information content (AvgIpc) is 2.86. The predicted molar refractivity (Wildman–Crippen MR) is 77.3 cm³/mol. The molecule has 2 N–H and O–H groups in total. The molecule has 6 heteroatoms. The summed E-state index contributed by atoms with van der Waals surface area (Å²) in [6.45, 7) is 1.26. The van der Waals surface area contributed by atoms with Crippen molar-refractivity contribution < 1.29 is 4.74 Å². The van der Waals surface area contributed by atoms with Crippen molar-refractivity contribution in [1.29, 1.82) is 0 Å². The summed E-state index contributed by atoms with van der Waals surface area (Å²) in [7, 11) is 5.63. The third kappa shape index (κ3) is 3.15.